The highest BCUT2D eigenvalue weighted by atomic mass is 79.9. The van der Waals surface area contributed by atoms with Gasteiger partial charge in [-0.2, -0.15) is 0 Å². The summed E-state index contributed by atoms with van der Waals surface area (Å²) in [6.45, 7) is 3.33. The molecule has 2 N–H and O–H groups in total. The van der Waals surface area contributed by atoms with Crippen molar-refractivity contribution in [1.29, 1.82) is 0 Å². The second-order valence-electron chi connectivity index (χ2n) is 6.89. The molecule has 0 aliphatic rings. The van der Waals surface area contributed by atoms with Gasteiger partial charge in [0.1, 0.15) is 0 Å². The molecule has 156 valence electrons. The normalized spacial score (nSPS) is 10.5. The number of methoxy groups -OCH3 is 1. The van der Waals surface area contributed by atoms with E-state index in [1.807, 2.05) is 61.5 Å². The van der Waals surface area contributed by atoms with Crippen LogP contribution in [0.4, 0.5) is 5.69 Å². The van der Waals surface area contributed by atoms with Crippen LogP contribution >= 0.6 is 15.9 Å². The second kappa shape index (κ2) is 10.8. The van der Waals surface area contributed by atoms with Crippen LogP contribution < -0.4 is 20.1 Å². The number of halogens is 1. The summed E-state index contributed by atoms with van der Waals surface area (Å²) in [5.41, 5.74) is 4.14. The lowest BCUT2D eigenvalue weighted by Gasteiger charge is -2.14. The van der Waals surface area contributed by atoms with Gasteiger partial charge in [-0.1, -0.05) is 64.0 Å². The van der Waals surface area contributed by atoms with Crippen LogP contribution in [-0.2, 0) is 17.9 Å². The maximum Gasteiger partial charge on any atom is 0.262 e. The van der Waals surface area contributed by atoms with Gasteiger partial charge in [-0.15, -0.1) is 0 Å². The summed E-state index contributed by atoms with van der Waals surface area (Å²) < 4.78 is 12.1. The lowest BCUT2D eigenvalue weighted by atomic mass is 10.2. The third-order valence-corrected chi connectivity index (χ3v) is 5.25. The molecule has 0 aliphatic heterocycles. The number of carbonyl (C=O) groups excluding carboxylic acids is 1. The summed E-state index contributed by atoms with van der Waals surface area (Å²) >= 11 is 3.59. The average molecular weight is 469 g/mol. The molecule has 3 aromatic rings. The Labute approximate surface area is 185 Å². The van der Waals surface area contributed by atoms with Crippen LogP contribution in [0, 0.1) is 6.92 Å². The quantitative estimate of drug-likeness (QED) is 0.459. The Bertz CT molecular complexity index is 976. The van der Waals surface area contributed by atoms with Gasteiger partial charge in [0.2, 0.25) is 0 Å². The standard InChI is InChI=1S/C24H25BrN2O3/c1-17-8-10-20(11-9-17)27-24(28)16-30-23-13-21(25)19(12-22(23)29-2)15-26-14-18-6-4-3-5-7-18/h3-13,26H,14-16H2,1-2H3,(H,27,28). The number of carbonyl (C=O) groups is 1. The summed E-state index contributed by atoms with van der Waals surface area (Å²) in [4.78, 5) is 12.2. The Morgan fingerprint density at radius 3 is 2.40 bits per heavy atom. The minimum absolute atomic E-state index is 0.109. The molecule has 30 heavy (non-hydrogen) atoms. The largest absolute Gasteiger partial charge is 0.493 e. The van der Waals surface area contributed by atoms with Crippen LogP contribution in [0.1, 0.15) is 16.7 Å². The van der Waals surface area contributed by atoms with E-state index in [9.17, 15) is 4.79 Å². The molecule has 0 aliphatic carbocycles. The molecule has 1 amide bonds. The Balaban J connectivity index is 1.57. The van der Waals surface area contributed by atoms with Crippen LogP contribution in [0.15, 0.2) is 71.2 Å². The molecule has 0 saturated heterocycles. The van der Waals surface area contributed by atoms with Crippen molar-refractivity contribution in [2.45, 2.75) is 20.0 Å². The van der Waals surface area contributed by atoms with Gasteiger partial charge < -0.3 is 20.1 Å². The first-order chi connectivity index (χ1) is 14.5. The van der Waals surface area contributed by atoms with Gasteiger partial charge in [-0.3, -0.25) is 4.79 Å². The Kier molecular flexibility index (Phi) is 7.88. The fourth-order valence-corrected chi connectivity index (χ4v) is 3.36. The number of anilines is 1. The first kappa shape index (κ1) is 21.9. The molecular formula is C24H25BrN2O3. The SMILES string of the molecule is COc1cc(CNCc2ccccc2)c(Br)cc1OCC(=O)Nc1ccc(C)cc1. The summed E-state index contributed by atoms with van der Waals surface area (Å²) in [6, 6.07) is 21.6. The fourth-order valence-electron chi connectivity index (χ4n) is 2.90. The monoisotopic (exact) mass is 468 g/mol. The van der Waals surface area contributed by atoms with Crippen molar-refractivity contribution in [1.82, 2.24) is 5.32 Å². The smallest absolute Gasteiger partial charge is 0.262 e. The van der Waals surface area contributed by atoms with Crippen LogP contribution in [-0.4, -0.2) is 19.6 Å². The molecule has 3 aromatic carbocycles. The zero-order valence-electron chi connectivity index (χ0n) is 17.1. The summed E-state index contributed by atoms with van der Waals surface area (Å²) in [6.07, 6.45) is 0. The van der Waals surface area contributed by atoms with Crippen molar-refractivity contribution in [2.75, 3.05) is 19.0 Å². The van der Waals surface area contributed by atoms with Gasteiger partial charge >= 0.3 is 0 Å². The molecule has 3 rings (SSSR count). The molecule has 5 nitrogen and oxygen atoms in total. The highest BCUT2D eigenvalue weighted by Gasteiger charge is 2.12. The minimum Gasteiger partial charge on any atom is -0.493 e. The van der Waals surface area contributed by atoms with Gasteiger partial charge in [0.05, 0.1) is 7.11 Å². The van der Waals surface area contributed by atoms with E-state index >= 15 is 0 Å². The average Bonchev–Trinajstić information content (AvgIpc) is 2.76. The zero-order valence-corrected chi connectivity index (χ0v) is 18.7. The molecule has 0 aromatic heterocycles. The van der Waals surface area contributed by atoms with Gasteiger partial charge in [-0.05, 0) is 42.3 Å². The number of hydrogen-bond acceptors (Lipinski definition) is 4. The van der Waals surface area contributed by atoms with Crippen molar-refractivity contribution >= 4 is 27.5 Å². The first-order valence-corrected chi connectivity index (χ1v) is 10.4. The number of nitrogens with one attached hydrogen (secondary N) is 2. The van der Waals surface area contributed by atoms with E-state index in [1.165, 1.54) is 5.56 Å². The third-order valence-electron chi connectivity index (χ3n) is 4.51. The number of benzene rings is 3. The maximum atomic E-state index is 12.2. The lowest BCUT2D eigenvalue weighted by molar-refractivity contribution is -0.118. The van der Waals surface area contributed by atoms with Crippen molar-refractivity contribution in [3.8, 4) is 11.5 Å². The molecule has 0 radical (unpaired) electrons. The molecule has 0 heterocycles. The van der Waals surface area contributed by atoms with Gasteiger partial charge in [0, 0.05) is 23.2 Å². The molecule has 0 bridgehead atoms. The van der Waals surface area contributed by atoms with Crippen molar-refractivity contribution in [3.63, 3.8) is 0 Å². The molecule has 0 saturated carbocycles. The van der Waals surface area contributed by atoms with E-state index in [1.54, 1.807) is 7.11 Å². The molecule has 0 fully saturated rings. The highest BCUT2D eigenvalue weighted by Crippen LogP contribution is 2.33. The van der Waals surface area contributed by atoms with E-state index in [0.717, 1.165) is 27.8 Å². The first-order valence-electron chi connectivity index (χ1n) is 9.65. The van der Waals surface area contributed by atoms with Crippen LogP contribution in [0.25, 0.3) is 0 Å². The predicted molar refractivity (Wildman–Crippen MR) is 123 cm³/mol. The summed E-state index contributed by atoms with van der Waals surface area (Å²) in [5.74, 6) is 0.860. The predicted octanol–water partition coefficient (Wildman–Crippen LogP) is 5.07. The van der Waals surface area contributed by atoms with E-state index in [4.69, 9.17) is 9.47 Å². The fraction of sp³-hybridized carbons (Fsp3) is 0.208. The van der Waals surface area contributed by atoms with Crippen LogP contribution in [0.3, 0.4) is 0 Å². The topological polar surface area (TPSA) is 59.6 Å². The van der Waals surface area contributed by atoms with E-state index in [0.29, 0.717) is 18.0 Å². The third kappa shape index (κ3) is 6.34. The molecule has 0 unspecified atom stereocenters. The number of rotatable bonds is 9. The molecule has 0 spiro atoms. The number of ether oxygens (including phenoxy) is 2. The lowest BCUT2D eigenvalue weighted by Crippen LogP contribution is -2.20. The Morgan fingerprint density at radius 2 is 1.70 bits per heavy atom. The number of aryl methyl sites for hydroxylation is 1. The maximum absolute atomic E-state index is 12.2. The van der Waals surface area contributed by atoms with Crippen LogP contribution in [0.2, 0.25) is 0 Å². The van der Waals surface area contributed by atoms with E-state index in [2.05, 4.69) is 38.7 Å². The van der Waals surface area contributed by atoms with E-state index in [-0.39, 0.29) is 12.5 Å². The van der Waals surface area contributed by atoms with Gasteiger partial charge in [0.25, 0.3) is 5.91 Å². The number of hydrogen-bond donors (Lipinski definition) is 2. The van der Waals surface area contributed by atoms with Crippen LogP contribution in [0.5, 0.6) is 11.5 Å². The second-order valence-corrected chi connectivity index (χ2v) is 7.74. The molecule has 6 heteroatoms. The van der Waals surface area contributed by atoms with Gasteiger partial charge in [-0.25, -0.2) is 0 Å². The highest BCUT2D eigenvalue weighted by molar-refractivity contribution is 9.10. The van der Waals surface area contributed by atoms with Crippen molar-refractivity contribution in [3.05, 3.63) is 87.9 Å². The zero-order chi connectivity index (χ0) is 21.3. The Morgan fingerprint density at radius 1 is 0.967 bits per heavy atom. The summed E-state index contributed by atoms with van der Waals surface area (Å²) in [5, 5.41) is 6.24. The summed E-state index contributed by atoms with van der Waals surface area (Å²) in [7, 11) is 1.59. The van der Waals surface area contributed by atoms with Gasteiger partial charge in [0.15, 0.2) is 18.1 Å². The van der Waals surface area contributed by atoms with Crippen molar-refractivity contribution < 1.29 is 14.3 Å². The Hall–Kier alpha value is -2.83. The molecule has 0 atom stereocenters. The minimum atomic E-state index is -0.231. The molecular weight excluding hydrogens is 444 g/mol. The van der Waals surface area contributed by atoms with Crippen molar-refractivity contribution in [2.24, 2.45) is 0 Å². The van der Waals surface area contributed by atoms with E-state index < -0.39 is 0 Å². The number of amides is 1.